The molecule has 0 N–H and O–H groups in total. The van der Waals surface area contributed by atoms with Gasteiger partial charge in [-0.05, 0) is 102 Å². The van der Waals surface area contributed by atoms with Gasteiger partial charge in [-0.25, -0.2) is 0 Å². The van der Waals surface area contributed by atoms with E-state index in [9.17, 15) is 0 Å². The van der Waals surface area contributed by atoms with Crippen LogP contribution < -0.4 is 0 Å². The molecule has 0 aromatic heterocycles. The van der Waals surface area contributed by atoms with Gasteiger partial charge in [-0.2, -0.15) is 0 Å². The van der Waals surface area contributed by atoms with Crippen LogP contribution in [-0.4, -0.2) is 43.0 Å². The van der Waals surface area contributed by atoms with Crippen LogP contribution in [0.1, 0.15) is 206 Å². The number of unbranched alkanes of at least 4 members (excludes halogenated alkanes) is 18. The van der Waals surface area contributed by atoms with Crippen molar-refractivity contribution in [2.45, 2.75) is 224 Å². The third kappa shape index (κ3) is 18.6. The van der Waals surface area contributed by atoms with Crippen molar-refractivity contribution in [3.05, 3.63) is 48.6 Å². The molecule has 0 unspecified atom stereocenters. The zero-order valence-electron chi connectivity index (χ0n) is 33.7. The number of rotatable bonds is 30. The molecule has 2 atom stereocenters. The van der Waals surface area contributed by atoms with E-state index in [0.717, 1.165) is 38.8 Å². The van der Waals surface area contributed by atoms with Gasteiger partial charge in [0.1, 0.15) is 12.2 Å². The minimum Gasteiger partial charge on any atom is -0.343 e. The van der Waals surface area contributed by atoms with Crippen molar-refractivity contribution >= 4 is 0 Å². The first-order valence-corrected chi connectivity index (χ1v) is 22.2. The Morgan fingerprint density at radius 3 is 1.22 bits per heavy atom. The van der Waals surface area contributed by atoms with Gasteiger partial charge in [0, 0.05) is 25.9 Å². The molecule has 3 aliphatic rings. The van der Waals surface area contributed by atoms with E-state index in [2.05, 4.69) is 74.4 Å². The van der Waals surface area contributed by atoms with Gasteiger partial charge in [0.15, 0.2) is 5.79 Å². The molecule has 0 amide bonds. The second-order valence-electron chi connectivity index (χ2n) is 16.6. The molecule has 0 bridgehead atoms. The van der Waals surface area contributed by atoms with Crippen molar-refractivity contribution in [1.29, 1.82) is 0 Å². The van der Waals surface area contributed by atoms with Crippen molar-refractivity contribution in [3.63, 3.8) is 0 Å². The second kappa shape index (κ2) is 27.4. The first kappa shape index (κ1) is 43.2. The quantitative estimate of drug-likeness (QED) is 0.0552. The number of fused-ring (bicyclic) bond motifs is 1. The van der Waals surface area contributed by atoms with Crippen molar-refractivity contribution in [2.75, 3.05) is 20.1 Å². The summed E-state index contributed by atoms with van der Waals surface area (Å²) in [5.74, 6) is -0.265. The van der Waals surface area contributed by atoms with Gasteiger partial charge < -0.3 is 14.4 Å². The van der Waals surface area contributed by atoms with Crippen LogP contribution in [0.2, 0.25) is 0 Å². The summed E-state index contributed by atoms with van der Waals surface area (Å²) in [6.07, 6.45) is 59.4. The average Bonchev–Trinajstić information content (AvgIpc) is 3.62. The Kier molecular flexibility index (Phi) is 23.7. The molecule has 0 aromatic rings. The van der Waals surface area contributed by atoms with Gasteiger partial charge in [-0.1, -0.05) is 152 Å². The predicted molar refractivity (Wildman–Crippen MR) is 219 cm³/mol. The first-order chi connectivity index (χ1) is 24.6. The lowest BCUT2D eigenvalue weighted by Crippen LogP contribution is -2.42. The van der Waals surface area contributed by atoms with Gasteiger partial charge in [0.25, 0.3) is 0 Å². The lowest BCUT2D eigenvalue weighted by Gasteiger charge is -2.45. The maximum atomic E-state index is 6.67. The fraction of sp³-hybridized carbons (Fsp3) is 0.830. The lowest BCUT2D eigenvalue weighted by atomic mass is 9.66. The minimum atomic E-state index is -0.265. The zero-order valence-corrected chi connectivity index (χ0v) is 33.7. The van der Waals surface area contributed by atoms with Crippen LogP contribution in [0.3, 0.4) is 0 Å². The Balaban J connectivity index is 1.26. The van der Waals surface area contributed by atoms with Gasteiger partial charge in [0.05, 0.1) is 0 Å². The molecular weight excluding hydrogens is 611 g/mol. The SMILES string of the molecule is CCCCCC=CCC=CCCCCCCCCC1(CCCCCCCCC=CCC=CCCCCC)CCC2(CC1)O[C@H]1CN(C)C[C@@H]1O2. The molecule has 50 heavy (non-hydrogen) atoms. The Morgan fingerprint density at radius 1 is 0.460 bits per heavy atom. The molecular formula is C47H83NO2. The standard InChI is InChI=1S/C47H83NO2/c1-4-6-8-10-12-14-16-18-20-22-24-26-28-30-32-34-36-46(38-40-47(41-39-46)49-44-42-48(3)43-45(44)50-47)37-35-33-31-29-27-25-23-21-19-17-15-13-11-9-7-5-2/h12-15,18-21,44-45H,4-11,16-17,22-43H2,1-3H3/t44-,45-/m0/s1. The van der Waals surface area contributed by atoms with Crippen LogP contribution in [0.5, 0.6) is 0 Å². The molecule has 0 radical (unpaired) electrons. The summed E-state index contributed by atoms with van der Waals surface area (Å²) in [6.45, 7) is 6.63. The van der Waals surface area contributed by atoms with Crippen LogP contribution in [0.25, 0.3) is 0 Å². The Hall–Kier alpha value is -1.16. The maximum Gasteiger partial charge on any atom is 0.169 e. The Bertz CT molecular complexity index is 859. The first-order valence-electron chi connectivity index (χ1n) is 22.2. The zero-order chi connectivity index (χ0) is 35.4. The number of likely N-dealkylation sites (N-methyl/N-ethyl adjacent to an activating group) is 1. The van der Waals surface area contributed by atoms with Crippen LogP contribution >= 0.6 is 0 Å². The Morgan fingerprint density at radius 2 is 0.820 bits per heavy atom. The normalized spacial score (nSPS) is 25.9. The van der Waals surface area contributed by atoms with Crippen molar-refractivity contribution in [3.8, 4) is 0 Å². The Labute approximate surface area is 312 Å². The van der Waals surface area contributed by atoms with E-state index in [1.165, 1.54) is 167 Å². The second-order valence-corrected chi connectivity index (χ2v) is 16.6. The molecule has 2 saturated heterocycles. The van der Waals surface area contributed by atoms with Gasteiger partial charge >= 0.3 is 0 Å². The number of nitrogens with zero attached hydrogens (tertiary/aromatic N) is 1. The summed E-state index contributed by atoms with van der Waals surface area (Å²) < 4.78 is 13.3. The van der Waals surface area contributed by atoms with Gasteiger partial charge in [0.2, 0.25) is 0 Å². The third-order valence-corrected chi connectivity index (χ3v) is 12.0. The van der Waals surface area contributed by atoms with Crippen molar-refractivity contribution < 1.29 is 9.47 Å². The summed E-state index contributed by atoms with van der Waals surface area (Å²) in [5.41, 5.74) is 0.525. The van der Waals surface area contributed by atoms with E-state index >= 15 is 0 Å². The van der Waals surface area contributed by atoms with Crippen molar-refractivity contribution in [2.24, 2.45) is 5.41 Å². The minimum absolute atomic E-state index is 0.265. The number of hydrogen-bond acceptors (Lipinski definition) is 3. The molecule has 3 heteroatoms. The van der Waals surface area contributed by atoms with E-state index in [0.29, 0.717) is 17.6 Å². The molecule has 3 fully saturated rings. The van der Waals surface area contributed by atoms with E-state index in [1.807, 2.05) is 0 Å². The molecule has 1 aliphatic carbocycles. The number of allylic oxidation sites excluding steroid dienone is 8. The maximum absolute atomic E-state index is 6.67. The van der Waals surface area contributed by atoms with E-state index in [4.69, 9.17) is 9.47 Å². The van der Waals surface area contributed by atoms with Crippen LogP contribution in [-0.2, 0) is 9.47 Å². The average molecular weight is 694 g/mol. The summed E-state index contributed by atoms with van der Waals surface area (Å²) >= 11 is 0. The third-order valence-electron chi connectivity index (χ3n) is 12.0. The summed E-state index contributed by atoms with van der Waals surface area (Å²) in [5, 5.41) is 0. The fourth-order valence-corrected chi connectivity index (χ4v) is 8.73. The van der Waals surface area contributed by atoms with Crippen molar-refractivity contribution in [1.82, 2.24) is 4.90 Å². The van der Waals surface area contributed by atoms with E-state index in [1.54, 1.807) is 0 Å². The number of hydrogen-bond donors (Lipinski definition) is 0. The monoisotopic (exact) mass is 694 g/mol. The predicted octanol–water partition coefficient (Wildman–Crippen LogP) is 14.4. The van der Waals surface area contributed by atoms with E-state index < -0.39 is 0 Å². The topological polar surface area (TPSA) is 21.7 Å². The highest BCUT2D eigenvalue weighted by Crippen LogP contribution is 2.52. The summed E-state index contributed by atoms with van der Waals surface area (Å²) in [7, 11) is 2.20. The fourth-order valence-electron chi connectivity index (χ4n) is 8.73. The van der Waals surface area contributed by atoms with Gasteiger partial charge in [-0.15, -0.1) is 0 Å². The molecule has 2 aliphatic heterocycles. The number of ether oxygens (including phenoxy) is 2. The molecule has 3 nitrogen and oxygen atoms in total. The highest BCUT2D eigenvalue weighted by atomic mass is 16.8. The molecule has 3 rings (SSSR count). The molecule has 0 aromatic carbocycles. The molecule has 2 heterocycles. The highest BCUT2D eigenvalue weighted by molar-refractivity contribution is 4.98. The lowest BCUT2D eigenvalue weighted by molar-refractivity contribution is -0.214. The largest absolute Gasteiger partial charge is 0.343 e. The molecule has 1 saturated carbocycles. The smallest absolute Gasteiger partial charge is 0.169 e. The summed E-state index contributed by atoms with van der Waals surface area (Å²) in [4.78, 5) is 2.37. The van der Waals surface area contributed by atoms with Gasteiger partial charge in [-0.3, -0.25) is 0 Å². The molecule has 288 valence electrons. The highest BCUT2D eigenvalue weighted by Gasteiger charge is 2.53. The number of likely N-dealkylation sites (tertiary alicyclic amines) is 1. The van der Waals surface area contributed by atoms with Crippen LogP contribution in [0.15, 0.2) is 48.6 Å². The van der Waals surface area contributed by atoms with Crippen LogP contribution in [0.4, 0.5) is 0 Å². The van der Waals surface area contributed by atoms with E-state index in [-0.39, 0.29) is 5.79 Å². The van der Waals surface area contributed by atoms with Crippen LogP contribution in [0, 0.1) is 5.41 Å². The summed E-state index contributed by atoms with van der Waals surface area (Å²) in [6, 6.07) is 0. The molecule has 1 spiro atoms.